The largest absolute Gasteiger partial charge is 0.388 e. The highest BCUT2D eigenvalue weighted by Crippen LogP contribution is 2.13. The van der Waals surface area contributed by atoms with Crippen LogP contribution in [0.3, 0.4) is 0 Å². The lowest BCUT2D eigenvalue weighted by Crippen LogP contribution is -2.59. The lowest BCUT2D eigenvalue weighted by atomic mass is 9.94. The average molecular weight is 625 g/mol. The standard InChI is InChI=1S/C32H40N4O7S/c1-3-4-18-44(42,43)21-27(36-31(40)25-16-11-17-33-20-25)32(41)35-26(19-23-12-7-5-8-13-23)29(38)28(37)22(2)34-30(39)24-14-9-6-10-15-24/h5-17,20,22,26-29,37-38H,3-4,18-19,21H2,1-2H3,(H,34,39)(H,35,41)(H,36,40). The van der Waals surface area contributed by atoms with E-state index in [1.165, 1.54) is 31.5 Å². The Labute approximate surface area is 258 Å². The van der Waals surface area contributed by atoms with Gasteiger partial charge in [-0.15, -0.1) is 0 Å². The van der Waals surface area contributed by atoms with Gasteiger partial charge in [0.05, 0.1) is 29.2 Å². The Kier molecular flexibility index (Phi) is 13.0. The van der Waals surface area contributed by atoms with Crippen molar-refractivity contribution in [2.75, 3.05) is 11.5 Å². The van der Waals surface area contributed by atoms with E-state index in [2.05, 4.69) is 20.9 Å². The van der Waals surface area contributed by atoms with E-state index in [0.29, 0.717) is 18.4 Å². The summed E-state index contributed by atoms with van der Waals surface area (Å²) in [5, 5.41) is 30.2. The lowest BCUT2D eigenvalue weighted by molar-refractivity contribution is -0.125. The van der Waals surface area contributed by atoms with Crippen LogP contribution >= 0.6 is 0 Å². The van der Waals surface area contributed by atoms with E-state index >= 15 is 0 Å². The second-order valence-corrected chi connectivity index (χ2v) is 12.9. The molecule has 3 aromatic rings. The van der Waals surface area contributed by atoms with Gasteiger partial charge in [-0.2, -0.15) is 0 Å². The molecule has 0 aliphatic rings. The van der Waals surface area contributed by atoms with Gasteiger partial charge in [0.25, 0.3) is 11.8 Å². The van der Waals surface area contributed by atoms with E-state index in [1.54, 1.807) is 60.7 Å². The number of rotatable bonds is 16. The van der Waals surface area contributed by atoms with E-state index in [0.717, 1.165) is 5.56 Å². The molecule has 0 fully saturated rings. The van der Waals surface area contributed by atoms with Gasteiger partial charge in [0.2, 0.25) is 5.91 Å². The van der Waals surface area contributed by atoms with Crippen molar-refractivity contribution in [3.05, 3.63) is 102 Å². The molecule has 2 aromatic carbocycles. The minimum Gasteiger partial charge on any atom is -0.388 e. The van der Waals surface area contributed by atoms with Crippen molar-refractivity contribution in [1.29, 1.82) is 0 Å². The van der Waals surface area contributed by atoms with E-state index < -0.39 is 63.6 Å². The van der Waals surface area contributed by atoms with Crippen molar-refractivity contribution >= 4 is 27.6 Å². The van der Waals surface area contributed by atoms with Gasteiger partial charge in [-0.05, 0) is 49.6 Å². The molecule has 0 spiro atoms. The van der Waals surface area contributed by atoms with Gasteiger partial charge in [-0.25, -0.2) is 8.42 Å². The normalized spacial score (nSPS) is 14.8. The summed E-state index contributed by atoms with van der Waals surface area (Å²) in [5.74, 6) is -2.82. The molecule has 0 radical (unpaired) electrons. The molecule has 3 amide bonds. The molecule has 11 nitrogen and oxygen atoms in total. The summed E-state index contributed by atoms with van der Waals surface area (Å²) in [5.41, 5.74) is 1.22. The molecule has 0 saturated heterocycles. The summed E-state index contributed by atoms with van der Waals surface area (Å²) in [7, 11) is -3.75. The van der Waals surface area contributed by atoms with Crippen molar-refractivity contribution in [2.24, 2.45) is 0 Å². The topological polar surface area (TPSA) is 175 Å². The Morgan fingerprint density at radius 1 is 0.818 bits per heavy atom. The number of nitrogens with one attached hydrogen (secondary N) is 3. The first-order valence-corrected chi connectivity index (χ1v) is 16.3. The van der Waals surface area contributed by atoms with Gasteiger partial charge < -0.3 is 26.2 Å². The number of amides is 3. The smallest absolute Gasteiger partial charge is 0.253 e. The summed E-state index contributed by atoms with van der Waals surface area (Å²) in [6.45, 7) is 3.36. The third kappa shape index (κ3) is 10.5. The zero-order valence-corrected chi connectivity index (χ0v) is 25.6. The molecule has 0 saturated carbocycles. The first-order valence-electron chi connectivity index (χ1n) is 14.5. The molecule has 236 valence electrons. The Morgan fingerprint density at radius 2 is 1.43 bits per heavy atom. The van der Waals surface area contributed by atoms with Gasteiger partial charge in [0, 0.05) is 18.0 Å². The Hall–Kier alpha value is -4.13. The van der Waals surface area contributed by atoms with Gasteiger partial charge in [-0.1, -0.05) is 61.9 Å². The predicted octanol–water partition coefficient (Wildman–Crippen LogP) is 1.66. The predicted molar refractivity (Wildman–Crippen MR) is 167 cm³/mol. The molecule has 12 heteroatoms. The molecular formula is C32H40N4O7S. The third-order valence-corrected chi connectivity index (χ3v) is 8.82. The number of aliphatic hydroxyl groups excluding tert-OH is 2. The van der Waals surface area contributed by atoms with Crippen LogP contribution < -0.4 is 16.0 Å². The molecular weight excluding hydrogens is 584 g/mol. The highest BCUT2D eigenvalue weighted by molar-refractivity contribution is 7.91. The quantitative estimate of drug-likeness (QED) is 0.160. The third-order valence-electron chi connectivity index (χ3n) is 7.07. The van der Waals surface area contributed by atoms with Crippen LogP contribution in [0.25, 0.3) is 0 Å². The first-order chi connectivity index (χ1) is 21.0. The second-order valence-electron chi connectivity index (χ2n) is 10.6. The number of unbranched alkanes of at least 4 members (excludes halogenated alkanes) is 1. The Bertz CT molecular complexity index is 1460. The summed E-state index contributed by atoms with van der Waals surface area (Å²) >= 11 is 0. The number of hydrogen-bond acceptors (Lipinski definition) is 8. The number of carbonyl (C=O) groups excluding carboxylic acids is 3. The molecule has 5 atom stereocenters. The summed E-state index contributed by atoms with van der Waals surface area (Å²) in [4.78, 5) is 43.1. The lowest BCUT2D eigenvalue weighted by Gasteiger charge is -2.32. The van der Waals surface area contributed by atoms with Crippen molar-refractivity contribution in [3.63, 3.8) is 0 Å². The molecule has 0 aliphatic heterocycles. The number of carbonyl (C=O) groups is 3. The molecule has 0 bridgehead atoms. The van der Waals surface area contributed by atoms with E-state index in [4.69, 9.17) is 0 Å². The van der Waals surface area contributed by atoms with E-state index in [-0.39, 0.29) is 17.7 Å². The molecule has 1 heterocycles. The first kappa shape index (κ1) is 34.4. The second kappa shape index (κ2) is 16.6. The molecule has 5 N–H and O–H groups in total. The number of pyridine rings is 1. The maximum absolute atomic E-state index is 13.7. The monoisotopic (exact) mass is 624 g/mol. The maximum atomic E-state index is 13.7. The SMILES string of the molecule is CCCCS(=O)(=O)CC(NC(=O)c1cccnc1)C(=O)NC(Cc1ccccc1)C(O)C(O)C(C)NC(=O)c1ccccc1. The minimum absolute atomic E-state index is 0.0655. The van der Waals surface area contributed by atoms with Gasteiger partial charge >= 0.3 is 0 Å². The number of aromatic nitrogens is 1. The Balaban J connectivity index is 1.84. The van der Waals surface area contributed by atoms with Crippen LogP contribution in [-0.2, 0) is 21.1 Å². The number of hydrogen-bond donors (Lipinski definition) is 5. The van der Waals surface area contributed by atoms with Crippen LogP contribution in [0, 0.1) is 0 Å². The van der Waals surface area contributed by atoms with Gasteiger partial charge in [0.15, 0.2) is 9.84 Å². The van der Waals surface area contributed by atoms with Crippen LogP contribution in [-0.4, -0.2) is 83.2 Å². The molecule has 1 aromatic heterocycles. The van der Waals surface area contributed by atoms with Crippen molar-refractivity contribution in [2.45, 2.75) is 63.4 Å². The molecule has 3 rings (SSSR count). The highest BCUT2D eigenvalue weighted by Gasteiger charge is 2.35. The number of aliphatic hydroxyl groups is 2. The van der Waals surface area contributed by atoms with Crippen LogP contribution in [0.15, 0.2) is 85.2 Å². The fraction of sp³-hybridized carbons (Fsp3) is 0.375. The maximum Gasteiger partial charge on any atom is 0.253 e. The number of nitrogens with zero attached hydrogens (tertiary/aromatic N) is 1. The zero-order valence-electron chi connectivity index (χ0n) is 24.8. The average Bonchev–Trinajstić information content (AvgIpc) is 3.03. The van der Waals surface area contributed by atoms with Crippen LogP contribution in [0.4, 0.5) is 0 Å². The van der Waals surface area contributed by atoms with E-state index in [9.17, 15) is 33.0 Å². The highest BCUT2D eigenvalue weighted by atomic mass is 32.2. The van der Waals surface area contributed by atoms with Crippen molar-refractivity contribution < 1.29 is 33.0 Å². The summed E-state index contributed by atoms with van der Waals surface area (Å²) < 4.78 is 25.8. The minimum atomic E-state index is -3.75. The van der Waals surface area contributed by atoms with E-state index in [1.807, 2.05) is 6.92 Å². The zero-order chi connectivity index (χ0) is 32.1. The summed E-state index contributed by atoms with van der Waals surface area (Å²) in [6, 6.07) is 16.7. The van der Waals surface area contributed by atoms with Crippen LogP contribution in [0.1, 0.15) is 53.0 Å². The fourth-order valence-electron chi connectivity index (χ4n) is 4.53. The van der Waals surface area contributed by atoms with Crippen molar-refractivity contribution in [3.8, 4) is 0 Å². The molecule has 5 unspecified atom stereocenters. The van der Waals surface area contributed by atoms with Crippen molar-refractivity contribution in [1.82, 2.24) is 20.9 Å². The van der Waals surface area contributed by atoms with Gasteiger partial charge in [-0.3, -0.25) is 19.4 Å². The van der Waals surface area contributed by atoms with Gasteiger partial charge in [0.1, 0.15) is 18.2 Å². The fourth-order valence-corrected chi connectivity index (χ4v) is 6.17. The molecule has 0 aliphatic carbocycles. The summed E-state index contributed by atoms with van der Waals surface area (Å²) in [6.07, 6.45) is 0.738. The Morgan fingerprint density at radius 3 is 2.05 bits per heavy atom. The van der Waals surface area contributed by atoms with Crippen LogP contribution in [0.2, 0.25) is 0 Å². The van der Waals surface area contributed by atoms with Crippen LogP contribution in [0.5, 0.6) is 0 Å². The molecule has 44 heavy (non-hydrogen) atoms. The number of sulfone groups is 1. The number of benzene rings is 2.